The molecular weight excluding hydrogens is 511 g/mol. The molecule has 6 atom stereocenters. The summed E-state index contributed by atoms with van der Waals surface area (Å²) >= 11 is 0. The van der Waals surface area contributed by atoms with Crippen molar-refractivity contribution in [1.82, 2.24) is 25.5 Å². The van der Waals surface area contributed by atoms with Gasteiger partial charge in [0.2, 0.25) is 5.91 Å². The number of aliphatic hydroxyl groups is 2. The molecule has 0 aliphatic carbocycles. The summed E-state index contributed by atoms with van der Waals surface area (Å²) in [7, 11) is 1.42. The summed E-state index contributed by atoms with van der Waals surface area (Å²) in [6.07, 6.45) is -1.26. The number of amides is 1. The molecule has 2 aromatic heterocycles. The SMILES string of the molecule is CO[C@@H]1[C@@H](n2cc(-c3cc(F)c(F)c(F)c3)nn2)[C@@H](O)[C@@H](CO)O[C@@H]1Cc1cc(C2CCC(=O)NC2)no1. The highest BCUT2D eigenvalue weighted by Gasteiger charge is 2.47. The van der Waals surface area contributed by atoms with Crippen molar-refractivity contribution in [3.8, 4) is 11.3 Å². The van der Waals surface area contributed by atoms with Gasteiger partial charge in [-0.15, -0.1) is 5.10 Å². The molecule has 0 bridgehead atoms. The molecule has 2 fully saturated rings. The zero-order valence-corrected chi connectivity index (χ0v) is 20.3. The number of piperidine rings is 1. The molecule has 2 saturated heterocycles. The molecule has 38 heavy (non-hydrogen) atoms. The first-order valence-corrected chi connectivity index (χ1v) is 12.0. The van der Waals surface area contributed by atoms with Gasteiger partial charge in [0, 0.05) is 44.0 Å². The minimum atomic E-state index is -1.60. The van der Waals surface area contributed by atoms with E-state index in [-0.39, 0.29) is 29.5 Å². The van der Waals surface area contributed by atoms with Crippen LogP contribution in [0.2, 0.25) is 0 Å². The number of aromatic nitrogens is 4. The Bertz CT molecular complexity index is 1270. The Morgan fingerprint density at radius 2 is 1.97 bits per heavy atom. The number of carbonyl (C=O) groups is 1. The number of carbonyl (C=O) groups excluding carboxylic acids is 1. The molecule has 1 aromatic carbocycles. The van der Waals surface area contributed by atoms with Crippen LogP contribution in [0, 0.1) is 17.5 Å². The van der Waals surface area contributed by atoms with E-state index in [9.17, 15) is 28.2 Å². The summed E-state index contributed by atoms with van der Waals surface area (Å²) in [6, 6.07) is 2.44. The van der Waals surface area contributed by atoms with Crippen molar-refractivity contribution in [3.05, 3.63) is 53.3 Å². The van der Waals surface area contributed by atoms with Gasteiger partial charge in [0.05, 0.1) is 24.6 Å². The van der Waals surface area contributed by atoms with Crippen LogP contribution in [-0.4, -0.2) is 80.9 Å². The van der Waals surface area contributed by atoms with E-state index in [1.54, 1.807) is 6.07 Å². The Hall–Kier alpha value is -3.33. The number of methoxy groups -OCH3 is 1. The molecule has 0 spiro atoms. The average molecular weight is 537 g/mol. The third-order valence-corrected chi connectivity index (χ3v) is 6.99. The quantitative estimate of drug-likeness (QED) is 0.380. The molecule has 3 aromatic rings. The van der Waals surface area contributed by atoms with Gasteiger partial charge in [-0.1, -0.05) is 10.4 Å². The van der Waals surface area contributed by atoms with Crippen molar-refractivity contribution in [1.29, 1.82) is 0 Å². The van der Waals surface area contributed by atoms with Gasteiger partial charge in [0.1, 0.15) is 35.8 Å². The highest BCUT2D eigenvalue weighted by Crippen LogP contribution is 2.35. The Morgan fingerprint density at radius 1 is 1.21 bits per heavy atom. The summed E-state index contributed by atoms with van der Waals surface area (Å²) < 4.78 is 59.3. The minimum Gasteiger partial charge on any atom is -0.394 e. The number of nitrogens with one attached hydrogen (secondary N) is 1. The predicted molar refractivity (Wildman–Crippen MR) is 122 cm³/mol. The van der Waals surface area contributed by atoms with Gasteiger partial charge in [0.25, 0.3) is 0 Å². The second-order valence-electron chi connectivity index (χ2n) is 9.38. The van der Waals surface area contributed by atoms with Gasteiger partial charge in [-0.2, -0.15) is 0 Å². The van der Waals surface area contributed by atoms with Crippen molar-refractivity contribution in [2.75, 3.05) is 20.3 Å². The molecule has 204 valence electrons. The Morgan fingerprint density at radius 3 is 2.63 bits per heavy atom. The predicted octanol–water partition coefficient (Wildman–Crippen LogP) is 1.26. The number of benzene rings is 1. The third kappa shape index (κ3) is 5.04. The number of ether oxygens (including phenoxy) is 2. The van der Waals surface area contributed by atoms with Crippen LogP contribution in [-0.2, 0) is 20.7 Å². The maximum Gasteiger partial charge on any atom is 0.220 e. The molecule has 4 heterocycles. The van der Waals surface area contributed by atoms with Gasteiger partial charge < -0.3 is 29.5 Å². The molecule has 1 unspecified atom stereocenters. The van der Waals surface area contributed by atoms with E-state index in [2.05, 4.69) is 20.8 Å². The molecule has 11 nitrogen and oxygen atoms in total. The van der Waals surface area contributed by atoms with E-state index < -0.39 is 54.5 Å². The summed E-state index contributed by atoms with van der Waals surface area (Å²) in [4.78, 5) is 11.4. The number of rotatable bonds is 7. The fourth-order valence-corrected chi connectivity index (χ4v) is 4.99. The Labute approximate surface area is 214 Å². The number of aliphatic hydroxyl groups excluding tert-OH is 2. The molecule has 0 radical (unpaired) electrons. The minimum absolute atomic E-state index is 0.00544. The number of hydrogen-bond acceptors (Lipinski definition) is 9. The van der Waals surface area contributed by atoms with Gasteiger partial charge in [-0.25, -0.2) is 17.9 Å². The van der Waals surface area contributed by atoms with Gasteiger partial charge in [-0.3, -0.25) is 4.79 Å². The van der Waals surface area contributed by atoms with E-state index in [1.165, 1.54) is 18.0 Å². The van der Waals surface area contributed by atoms with Crippen LogP contribution in [0.5, 0.6) is 0 Å². The van der Waals surface area contributed by atoms with Gasteiger partial charge >= 0.3 is 0 Å². The van der Waals surface area contributed by atoms with Crippen LogP contribution in [0.15, 0.2) is 28.9 Å². The van der Waals surface area contributed by atoms with Crippen LogP contribution in [0.4, 0.5) is 13.2 Å². The second kappa shape index (κ2) is 10.8. The molecule has 5 rings (SSSR count). The molecule has 2 aliphatic rings. The average Bonchev–Trinajstić information content (AvgIpc) is 3.58. The standard InChI is InChI=1S/C24H26F3N5O6/c1-36-24-18(7-13-6-16(30-38-13)11-2-3-20(34)28-8-11)37-19(10-33)23(35)22(24)32-9-17(29-31-32)12-4-14(25)21(27)15(26)5-12/h4-6,9,11,18-19,22-24,33,35H,2-3,7-8,10H2,1H3,(H,28,34)/t11?,18-,19-,22+,23+,24+/m1/s1. The molecule has 0 saturated carbocycles. The summed E-state index contributed by atoms with van der Waals surface area (Å²) in [5, 5.41) is 35.7. The topological polar surface area (TPSA) is 145 Å². The maximum atomic E-state index is 13.8. The smallest absolute Gasteiger partial charge is 0.220 e. The normalized spacial score (nSPS) is 27.9. The van der Waals surface area contributed by atoms with E-state index in [1.807, 2.05) is 0 Å². The summed E-state index contributed by atoms with van der Waals surface area (Å²) in [6.45, 7) is -0.0489. The lowest BCUT2D eigenvalue weighted by atomic mass is 9.90. The van der Waals surface area contributed by atoms with E-state index in [0.717, 1.165) is 12.1 Å². The summed E-state index contributed by atoms with van der Waals surface area (Å²) in [5.74, 6) is -3.86. The zero-order valence-electron chi connectivity index (χ0n) is 20.3. The lowest BCUT2D eigenvalue weighted by Crippen LogP contribution is -2.57. The molecule has 14 heteroatoms. The molecule has 3 N–H and O–H groups in total. The highest BCUT2D eigenvalue weighted by molar-refractivity contribution is 5.76. The Balaban J connectivity index is 1.39. The molecular formula is C24H26F3N5O6. The van der Waals surface area contributed by atoms with E-state index in [0.29, 0.717) is 30.8 Å². The maximum absolute atomic E-state index is 13.8. The van der Waals surface area contributed by atoms with E-state index >= 15 is 0 Å². The van der Waals surface area contributed by atoms with Crippen molar-refractivity contribution in [2.45, 2.75) is 55.6 Å². The summed E-state index contributed by atoms with van der Waals surface area (Å²) in [5.41, 5.74) is 0.680. The molecule has 1 amide bonds. The van der Waals surface area contributed by atoms with Crippen LogP contribution in [0.3, 0.4) is 0 Å². The monoisotopic (exact) mass is 537 g/mol. The lowest BCUT2D eigenvalue weighted by Gasteiger charge is -2.43. The zero-order chi connectivity index (χ0) is 27.0. The van der Waals surface area contributed by atoms with Crippen molar-refractivity contribution < 1.29 is 42.2 Å². The van der Waals surface area contributed by atoms with Crippen LogP contribution in [0.1, 0.15) is 36.3 Å². The van der Waals surface area contributed by atoms with Crippen LogP contribution >= 0.6 is 0 Å². The second-order valence-corrected chi connectivity index (χ2v) is 9.38. The van der Waals surface area contributed by atoms with Gasteiger partial charge in [0.15, 0.2) is 17.5 Å². The number of hydrogen-bond donors (Lipinski definition) is 3. The largest absolute Gasteiger partial charge is 0.394 e. The highest BCUT2D eigenvalue weighted by atomic mass is 19.2. The first-order chi connectivity index (χ1) is 18.3. The van der Waals surface area contributed by atoms with Gasteiger partial charge in [-0.05, 0) is 18.6 Å². The number of nitrogens with zero attached hydrogens (tertiary/aromatic N) is 4. The number of halogens is 3. The fraction of sp³-hybridized carbons (Fsp3) is 0.500. The van der Waals surface area contributed by atoms with E-state index in [4.69, 9.17) is 14.0 Å². The third-order valence-electron chi connectivity index (χ3n) is 6.99. The first kappa shape index (κ1) is 26.3. The lowest BCUT2D eigenvalue weighted by molar-refractivity contribution is -0.212. The van der Waals surface area contributed by atoms with Crippen LogP contribution in [0.25, 0.3) is 11.3 Å². The Kier molecular flexibility index (Phi) is 7.47. The van der Waals surface area contributed by atoms with Crippen molar-refractivity contribution >= 4 is 5.91 Å². The van der Waals surface area contributed by atoms with Crippen LogP contribution < -0.4 is 5.32 Å². The van der Waals surface area contributed by atoms with Crippen molar-refractivity contribution in [3.63, 3.8) is 0 Å². The van der Waals surface area contributed by atoms with Crippen molar-refractivity contribution in [2.24, 2.45) is 0 Å². The first-order valence-electron chi connectivity index (χ1n) is 12.0. The molecule has 2 aliphatic heterocycles. The fourth-order valence-electron chi connectivity index (χ4n) is 4.99.